The van der Waals surface area contributed by atoms with Gasteiger partial charge in [-0.15, -0.1) is 0 Å². The molecule has 0 bridgehead atoms. The van der Waals surface area contributed by atoms with Gasteiger partial charge in [-0.1, -0.05) is 30.4 Å². The molecule has 1 heterocycles. The molecule has 1 aromatic carbocycles. The van der Waals surface area contributed by atoms with E-state index in [9.17, 15) is 0 Å². The lowest BCUT2D eigenvalue weighted by molar-refractivity contribution is 0.719. The van der Waals surface area contributed by atoms with E-state index in [0.29, 0.717) is 0 Å². The second-order valence-corrected chi connectivity index (χ2v) is 4.00. The molecule has 2 nitrogen and oxygen atoms in total. The van der Waals surface area contributed by atoms with Crippen LogP contribution >= 0.6 is 24.0 Å². The third kappa shape index (κ3) is 1.90. The highest BCUT2D eigenvalue weighted by Gasteiger charge is 2.18. The molecular weight excluding hydrogens is 216 g/mol. The normalized spacial score (nSPS) is 20.9. The molecule has 4 heteroatoms. The molecule has 1 aliphatic heterocycles. The second-order valence-electron chi connectivity index (χ2n) is 3.35. The summed E-state index contributed by atoms with van der Waals surface area (Å²) in [5, 5.41) is 3.21. The maximum absolute atomic E-state index is 5.61. The van der Waals surface area contributed by atoms with Crippen LogP contribution < -0.4 is 10.2 Å². The standard InChI is InChI=1S/C10H11ClN2S/c11-13-9-6-5-7-3-1-2-4-8(7)12-10(9)14/h1-4,9,13H,5-6H2,(H,12,14)/t9-/m0/s1. The van der Waals surface area contributed by atoms with E-state index in [-0.39, 0.29) is 6.04 Å². The fourth-order valence-electron chi connectivity index (χ4n) is 1.62. The van der Waals surface area contributed by atoms with E-state index >= 15 is 0 Å². The smallest absolute Gasteiger partial charge is 0.0982 e. The minimum Gasteiger partial charge on any atom is -0.348 e. The molecule has 1 aromatic rings. The summed E-state index contributed by atoms with van der Waals surface area (Å²) in [6, 6.07) is 8.26. The van der Waals surface area contributed by atoms with Crippen molar-refractivity contribution in [3.63, 3.8) is 0 Å². The van der Waals surface area contributed by atoms with Crippen molar-refractivity contribution >= 4 is 34.7 Å². The summed E-state index contributed by atoms with van der Waals surface area (Å²) in [5.74, 6) is 0. The van der Waals surface area contributed by atoms with Crippen molar-refractivity contribution in [2.75, 3.05) is 5.32 Å². The molecule has 0 aliphatic carbocycles. The summed E-state index contributed by atoms with van der Waals surface area (Å²) in [7, 11) is 0. The molecule has 0 unspecified atom stereocenters. The number of nitrogens with one attached hydrogen (secondary N) is 2. The Kier molecular flexibility index (Phi) is 3.01. The Morgan fingerprint density at radius 1 is 1.43 bits per heavy atom. The van der Waals surface area contributed by atoms with Crippen LogP contribution in [0.4, 0.5) is 5.69 Å². The van der Waals surface area contributed by atoms with E-state index in [1.807, 2.05) is 18.2 Å². The highest BCUT2D eigenvalue weighted by molar-refractivity contribution is 7.80. The predicted molar refractivity (Wildman–Crippen MR) is 63.8 cm³/mol. The van der Waals surface area contributed by atoms with Gasteiger partial charge in [-0.2, -0.15) is 0 Å². The van der Waals surface area contributed by atoms with Crippen LogP contribution in [0.3, 0.4) is 0 Å². The van der Waals surface area contributed by atoms with Gasteiger partial charge in [0.05, 0.1) is 11.0 Å². The molecule has 0 aromatic heterocycles. The number of hydrogen-bond acceptors (Lipinski definition) is 2. The number of benzene rings is 1. The lowest BCUT2D eigenvalue weighted by Gasteiger charge is -2.12. The van der Waals surface area contributed by atoms with Gasteiger partial charge in [0.1, 0.15) is 0 Å². The molecule has 0 fully saturated rings. The van der Waals surface area contributed by atoms with Crippen molar-refractivity contribution in [1.82, 2.24) is 4.84 Å². The van der Waals surface area contributed by atoms with E-state index in [4.69, 9.17) is 24.0 Å². The molecule has 0 spiro atoms. The first-order chi connectivity index (χ1) is 6.81. The number of para-hydroxylation sites is 1. The lowest BCUT2D eigenvalue weighted by Crippen LogP contribution is -2.33. The first-order valence-electron chi connectivity index (χ1n) is 4.56. The van der Waals surface area contributed by atoms with Gasteiger partial charge < -0.3 is 5.32 Å². The average Bonchev–Trinajstić information content (AvgIpc) is 2.36. The minimum atomic E-state index is 0.0686. The van der Waals surface area contributed by atoms with Crippen molar-refractivity contribution < 1.29 is 0 Å². The van der Waals surface area contributed by atoms with Crippen LogP contribution in [-0.4, -0.2) is 11.0 Å². The zero-order valence-corrected chi connectivity index (χ0v) is 9.16. The molecule has 0 amide bonds. The van der Waals surface area contributed by atoms with Crippen LogP contribution in [0.15, 0.2) is 24.3 Å². The van der Waals surface area contributed by atoms with Crippen molar-refractivity contribution in [3.8, 4) is 0 Å². The number of hydrogen-bond donors (Lipinski definition) is 2. The zero-order chi connectivity index (χ0) is 9.97. The van der Waals surface area contributed by atoms with Gasteiger partial charge in [0, 0.05) is 5.69 Å². The Morgan fingerprint density at radius 3 is 3.00 bits per heavy atom. The number of anilines is 1. The van der Waals surface area contributed by atoms with Crippen LogP contribution in [0, 0.1) is 0 Å². The zero-order valence-electron chi connectivity index (χ0n) is 7.59. The Labute approximate surface area is 93.8 Å². The van der Waals surface area contributed by atoms with Gasteiger partial charge in [0.25, 0.3) is 0 Å². The molecule has 0 saturated heterocycles. The third-order valence-electron chi connectivity index (χ3n) is 2.43. The molecule has 0 radical (unpaired) electrons. The number of thiocarbonyl (C=S) groups is 1. The molecule has 2 N–H and O–H groups in total. The summed E-state index contributed by atoms with van der Waals surface area (Å²) < 4.78 is 0. The summed E-state index contributed by atoms with van der Waals surface area (Å²) >= 11 is 10.8. The van der Waals surface area contributed by atoms with Crippen LogP contribution in [0.25, 0.3) is 0 Å². The summed E-state index contributed by atoms with van der Waals surface area (Å²) in [6.45, 7) is 0. The molecule has 1 atom stereocenters. The maximum Gasteiger partial charge on any atom is 0.0982 e. The quantitative estimate of drug-likeness (QED) is 0.568. The number of halogens is 1. The van der Waals surface area contributed by atoms with Crippen LogP contribution in [0.1, 0.15) is 12.0 Å². The topological polar surface area (TPSA) is 24.1 Å². The van der Waals surface area contributed by atoms with Crippen molar-refractivity contribution in [2.45, 2.75) is 18.9 Å². The first kappa shape index (κ1) is 9.90. The molecule has 0 saturated carbocycles. The van der Waals surface area contributed by atoms with E-state index in [0.717, 1.165) is 23.5 Å². The first-order valence-corrected chi connectivity index (χ1v) is 5.35. The molecule has 1 aliphatic rings. The largest absolute Gasteiger partial charge is 0.348 e. The van der Waals surface area contributed by atoms with E-state index in [1.165, 1.54) is 5.56 Å². The Bertz CT molecular complexity index is 354. The van der Waals surface area contributed by atoms with E-state index < -0.39 is 0 Å². The molecule has 14 heavy (non-hydrogen) atoms. The summed E-state index contributed by atoms with van der Waals surface area (Å²) in [4.78, 5) is 3.47. The summed E-state index contributed by atoms with van der Waals surface area (Å²) in [5.41, 5.74) is 2.40. The van der Waals surface area contributed by atoms with Crippen molar-refractivity contribution in [3.05, 3.63) is 29.8 Å². The van der Waals surface area contributed by atoms with Crippen LogP contribution in [0.2, 0.25) is 0 Å². The van der Waals surface area contributed by atoms with Gasteiger partial charge in [0.2, 0.25) is 0 Å². The fraction of sp³-hybridized carbons (Fsp3) is 0.300. The average molecular weight is 227 g/mol. The van der Waals surface area contributed by atoms with Crippen LogP contribution in [-0.2, 0) is 6.42 Å². The van der Waals surface area contributed by atoms with E-state index in [1.54, 1.807) is 0 Å². The molecule has 74 valence electrons. The number of aryl methyl sites for hydroxylation is 1. The van der Waals surface area contributed by atoms with Gasteiger partial charge in [0.15, 0.2) is 0 Å². The highest BCUT2D eigenvalue weighted by atomic mass is 35.5. The predicted octanol–water partition coefficient (Wildman–Crippen LogP) is 2.48. The second kappa shape index (κ2) is 4.26. The fourth-order valence-corrected chi connectivity index (χ4v) is 2.18. The summed E-state index contributed by atoms with van der Waals surface area (Å²) in [6.07, 6.45) is 1.93. The Morgan fingerprint density at radius 2 is 2.21 bits per heavy atom. The van der Waals surface area contributed by atoms with Gasteiger partial charge in [-0.05, 0) is 36.2 Å². The van der Waals surface area contributed by atoms with Crippen molar-refractivity contribution in [2.24, 2.45) is 0 Å². The van der Waals surface area contributed by atoms with Crippen molar-refractivity contribution in [1.29, 1.82) is 0 Å². The third-order valence-corrected chi connectivity index (χ3v) is 3.08. The minimum absolute atomic E-state index is 0.0686. The van der Waals surface area contributed by atoms with Crippen LogP contribution in [0.5, 0.6) is 0 Å². The number of rotatable bonds is 1. The molecular formula is C10H11ClN2S. The Hall–Kier alpha value is -0.640. The van der Waals surface area contributed by atoms with Gasteiger partial charge in [-0.3, -0.25) is 0 Å². The monoisotopic (exact) mass is 226 g/mol. The van der Waals surface area contributed by atoms with Gasteiger partial charge >= 0.3 is 0 Å². The van der Waals surface area contributed by atoms with Gasteiger partial charge in [-0.25, -0.2) is 4.84 Å². The lowest BCUT2D eigenvalue weighted by atomic mass is 10.1. The number of fused-ring (bicyclic) bond motifs is 1. The highest BCUT2D eigenvalue weighted by Crippen LogP contribution is 2.22. The van der Waals surface area contributed by atoms with E-state index in [2.05, 4.69) is 16.2 Å². The molecule has 2 rings (SSSR count). The maximum atomic E-state index is 5.61. The SMILES string of the molecule is S=C1Nc2ccccc2CC[C@@H]1NCl. The Balaban J connectivity index is 2.28.